The topological polar surface area (TPSA) is 95.6 Å². The van der Waals surface area contributed by atoms with Gasteiger partial charge in [-0.25, -0.2) is 8.42 Å². The quantitative estimate of drug-likeness (QED) is 0.520. The second kappa shape index (κ2) is 10.1. The molecule has 3 rings (SSSR count). The van der Waals surface area contributed by atoms with E-state index in [0.717, 1.165) is 5.56 Å². The SMILES string of the molecule is CC(C)N(C)S(=O)(=O)c1ccc(CNC(=O)c2cccc(NC(=O)c3cccs3)c2)cc1. The van der Waals surface area contributed by atoms with Crippen LogP contribution in [0.1, 0.15) is 39.4 Å². The van der Waals surface area contributed by atoms with E-state index in [-0.39, 0.29) is 29.3 Å². The van der Waals surface area contributed by atoms with E-state index in [1.165, 1.54) is 27.8 Å². The second-order valence-corrected chi connectivity index (χ2v) is 10.4. The molecule has 2 aromatic carbocycles. The van der Waals surface area contributed by atoms with Crippen molar-refractivity contribution in [3.63, 3.8) is 0 Å². The molecule has 0 unspecified atom stereocenters. The summed E-state index contributed by atoms with van der Waals surface area (Å²) in [6, 6.07) is 16.5. The van der Waals surface area contributed by atoms with Gasteiger partial charge in [0, 0.05) is 30.9 Å². The van der Waals surface area contributed by atoms with Gasteiger partial charge in [-0.1, -0.05) is 24.3 Å². The normalized spacial score (nSPS) is 11.5. The molecule has 0 saturated carbocycles. The number of carbonyl (C=O) groups is 2. The Hall–Kier alpha value is -3.01. The Kier molecular flexibility index (Phi) is 7.44. The molecular formula is C23H25N3O4S2. The molecule has 0 aliphatic carbocycles. The van der Waals surface area contributed by atoms with Gasteiger partial charge in [0.05, 0.1) is 9.77 Å². The van der Waals surface area contributed by atoms with Crippen molar-refractivity contribution in [3.8, 4) is 0 Å². The number of carbonyl (C=O) groups excluding carboxylic acids is 2. The molecule has 7 nitrogen and oxygen atoms in total. The molecule has 3 aromatic rings. The van der Waals surface area contributed by atoms with E-state index >= 15 is 0 Å². The third-order valence-electron chi connectivity index (χ3n) is 4.91. The molecule has 1 heterocycles. The highest BCUT2D eigenvalue weighted by atomic mass is 32.2. The minimum absolute atomic E-state index is 0.148. The zero-order chi connectivity index (χ0) is 23.3. The number of nitrogens with one attached hydrogen (secondary N) is 2. The van der Waals surface area contributed by atoms with Gasteiger partial charge in [-0.2, -0.15) is 4.31 Å². The standard InChI is InChI=1S/C23H25N3O4S2/c1-16(2)26(3)32(29,30)20-11-9-17(10-12-20)15-24-22(27)18-6-4-7-19(14-18)25-23(28)21-8-5-13-31-21/h4-14,16H,15H2,1-3H3,(H,24,27)(H,25,28). The number of rotatable bonds is 8. The minimum Gasteiger partial charge on any atom is -0.348 e. The average Bonchev–Trinajstić information content (AvgIpc) is 3.32. The lowest BCUT2D eigenvalue weighted by atomic mass is 10.1. The Labute approximate surface area is 192 Å². The van der Waals surface area contributed by atoms with Gasteiger partial charge >= 0.3 is 0 Å². The lowest BCUT2D eigenvalue weighted by Crippen LogP contribution is -2.33. The van der Waals surface area contributed by atoms with Gasteiger partial charge in [0.1, 0.15) is 0 Å². The maximum atomic E-state index is 12.6. The number of anilines is 1. The number of benzene rings is 2. The molecule has 32 heavy (non-hydrogen) atoms. The van der Waals surface area contributed by atoms with E-state index in [2.05, 4.69) is 10.6 Å². The van der Waals surface area contributed by atoms with Gasteiger partial charge in [0.15, 0.2) is 0 Å². The lowest BCUT2D eigenvalue weighted by Gasteiger charge is -2.21. The van der Waals surface area contributed by atoms with Gasteiger partial charge in [-0.3, -0.25) is 9.59 Å². The molecule has 0 aliphatic rings. The molecule has 2 amide bonds. The molecule has 0 spiro atoms. The summed E-state index contributed by atoms with van der Waals surface area (Å²) in [6.07, 6.45) is 0. The molecule has 168 valence electrons. The van der Waals surface area contributed by atoms with Crippen molar-refractivity contribution < 1.29 is 18.0 Å². The van der Waals surface area contributed by atoms with Gasteiger partial charge in [-0.15, -0.1) is 11.3 Å². The molecule has 0 fully saturated rings. The first kappa shape index (κ1) is 23.6. The smallest absolute Gasteiger partial charge is 0.265 e. The van der Waals surface area contributed by atoms with Crippen molar-refractivity contribution in [2.75, 3.05) is 12.4 Å². The summed E-state index contributed by atoms with van der Waals surface area (Å²) in [5, 5.41) is 7.42. The molecule has 0 radical (unpaired) electrons. The van der Waals surface area contributed by atoms with E-state index in [9.17, 15) is 18.0 Å². The molecule has 0 bridgehead atoms. The predicted molar refractivity (Wildman–Crippen MR) is 126 cm³/mol. The van der Waals surface area contributed by atoms with Crippen LogP contribution in [0.25, 0.3) is 0 Å². The largest absolute Gasteiger partial charge is 0.348 e. The Morgan fingerprint density at radius 1 is 1.00 bits per heavy atom. The summed E-state index contributed by atoms with van der Waals surface area (Å²) < 4.78 is 26.4. The van der Waals surface area contributed by atoms with Gasteiger partial charge < -0.3 is 10.6 Å². The first-order valence-corrected chi connectivity index (χ1v) is 12.3. The Balaban J connectivity index is 1.62. The highest BCUT2D eigenvalue weighted by Gasteiger charge is 2.22. The molecule has 9 heteroatoms. The van der Waals surface area contributed by atoms with Gasteiger partial charge in [-0.05, 0) is 61.2 Å². The number of hydrogen-bond donors (Lipinski definition) is 2. The average molecular weight is 472 g/mol. The van der Waals surface area contributed by atoms with Crippen LogP contribution >= 0.6 is 11.3 Å². The van der Waals surface area contributed by atoms with E-state index in [1.54, 1.807) is 55.6 Å². The fraction of sp³-hybridized carbons (Fsp3) is 0.217. The number of hydrogen-bond acceptors (Lipinski definition) is 5. The molecular weight excluding hydrogens is 446 g/mol. The van der Waals surface area contributed by atoms with Crippen molar-refractivity contribution in [2.24, 2.45) is 0 Å². The number of nitrogens with zero attached hydrogens (tertiary/aromatic N) is 1. The zero-order valence-corrected chi connectivity index (χ0v) is 19.7. The summed E-state index contributed by atoms with van der Waals surface area (Å²) >= 11 is 1.34. The molecule has 0 aliphatic heterocycles. The van der Waals surface area contributed by atoms with Crippen LogP contribution in [0.15, 0.2) is 70.9 Å². The Bertz CT molecular complexity index is 1190. The summed E-state index contributed by atoms with van der Waals surface area (Å²) in [6.45, 7) is 3.86. The molecule has 2 N–H and O–H groups in total. The van der Waals surface area contributed by atoms with Crippen LogP contribution in [0, 0.1) is 0 Å². The summed E-state index contributed by atoms with van der Waals surface area (Å²) in [7, 11) is -2.00. The number of sulfonamides is 1. The first-order chi connectivity index (χ1) is 15.2. The Morgan fingerprint density at radius 2 is 1.72 bits per heavy atom. The molecule has 0 atom stereocenters. The van der Waals surface area contributed by atoms with Crippen molar-refractivity contribution >= 4 is 38.9 Å². The summed E-state index contributed by atoms with van der Waals surface area (Å²) in [5.74, 6) is -0.524. The van der Waals surface area contributed by atoms with Crippen LogP contribution in [-0.2, 0) is 16.6 Å². The van der Waals surface area contributed by atoms with E-state index < -0.39 is 10.0 Å². The lowest BCUT2D eigenvalue weighted by molar-refractivity contribution is 0.0949. The van der Waals surface area contributed by atoms with Crippen LogP contribution in [0.4, 0.5) is 5.69 Å². The molecule has 1 aromatic heterocycles. The van der Waals surface area contributed by atoms with Gasteiger partial charge in [0.25, 0.3) is 11.8 Å². The minimum atomic E-state index is -3.55. The first-order valence-electron chi connectivity index (χ1n) is 9.98. The fourth-order valence-electron chi connectivity index (χ4n) is 2.85. The van der Waals surface area contributed by atoms with E-state index in [4.69, 9.17) is 0 Å². The monoisotopic (exact) mass is 471 g/mol. The summed E-state index contributed by atoms with van der Waals surface area (Å²) in [5.41, 5.74) is 1.71. The number of thiophene rings is 1. The van der Waals surface area contributed by atoms with Crippen molar-refractivity contribution in [1.82, 2.24) is 9.62 Å². The Morgan fingerprint density at radius 3 is 2.34 bits per heavy atom. The zero-order valence-electron chi connectivity index (χ0n) is 18.0. The van der Waals surface area contributed by atoms with Crippen molar-refractivity contribution in [1.29, 1.82) is 0 Å². The second-order valence-electron chi connectivity index (χ2n) is 7.45. The van der Waals surface area contributed by atoms with Crippen LogP contribution in [0.3, 0.4) is 0 Å². The van der Waals surface area contributed by atoms with Crippen LogP contribution in [0.5, 0.6) is 0 Å². The van der Waals surface area contributed by atoms with Crippen molar-refractivity contribution in [2.45, 2.75) is 31.3 Å². The maximum absolute atomic E-state index is 12.6. The van der Waals surface area contributed by atoms with Crippen LogP contribution in [-0.4, -0.2) is 37.6 Å². The maximum Gasteiger partial charge on any atom is 0.265 e. The molecule has 0 saturated heterocycles. The van der Waals surface area contributed by atoms with Crippen LogP contribution in [0.2, 0.25) is 0 Å². The highest BCUT2D eigenvalue weighted by Crippen LogP contribution is 2.18. The summed E-state index contributed by atoms with van der Waals surface area (Å²) in [4.78, 5) is 25.5. The third kappa shape index (κ3) is 5.61. The van der Waals surface area contributed by atoms with E-state index in [0.29, 0.717) is 16.1 Å². The van der Waals surface area contributed by atoms with E-state index in [1.807, 2.05) is 19.2 Å². The fourth-order valence-corrected chi connectivity index (χ4v) is 4.83. The van der Waals surface area contributed by atoms with Gasteiger partial charge in [0.2, 0.25) is 10.0 Å². The predicted octanol–water partition coefficient (Wildman–Crippen LogP) is 3.96. The van der Waals surface area contributed by atoms with Crippen molar-refractivity contribution in [3.05, 3.63) is 82.0 Å². The highest BCUT2D eigenvalue weighted by molar-refractivity contribution is 7.89. The van der Waals surface area contributed by atoms with Crippen LogP contribution < -0.4 is 10.6 Å². The number of amides is 2. The third-order valence-corrected chi connectivity index (χ3v) is 7.82.